The minimum Gasteiger partial charge on any atom is -0.393 e. The molecule has 0 radical (unpaired) electrons. The minimum absolute atomic E-state index is 0.0801. The van der Waals surface area contributed by atoms with Gasteiger partial charge in [-0.05, 0) is 19.3 Å². The second kappa shape index (κ2) is 4.95. The highest BCUT2D eigenvalue weighted by Gasteiger charge is 2.44. The number of carbonyl (C=O) groups is 2. The van der Waals surface area contributed by atoms with E-state index in [1.165, 1.54) is 4.90 Å². The van der Waals surface area contributed by atoms with Gasteiger partial charge in [0.05, 0.1) is 11.5 Å². The Morgan fingerprint density at radius 1 is 1.44 bits per heavy atom. The molecule has 0 aromatic heterocycles. The fraction of sp³-hybridized carbons (Fsp3) is 0.833. The Balaban J connectivity index is 2.44. The molecule has 0 saturated carbocycles. The standard InChI is InChI=1S/C12H21NO3/c1-4-9(14)6-5-7-13-10(15)8-12(2,3)11(13)16/h9,14H,4-8H2,1-3H3. The molecule has 92 valence electrons. The van der Waals surface area contributed by atoms with Crippen molar-refractivity contribution < 1.29 is 14.7 Å². The zero-order valence-corrected chi connectivity index (χ0v) is 10.3. The fourth-order valence-electron chi connectivity index (χ4n) is 1.94. The smallest absolute Gasteiger partial charge is 0.235 e. The quantitative estimate of drug-likeness (QED) is 0.721. The van der Waals surface area contributed by atoms with Crippen molar-refractivity contribution in [2.45, 2.75) is 52.6 Å². The van der Waals surface area contributed by atoms with Gasteiger partial charge in [-0.1, -0.05) is 20.8 Å². The van der Waals surface area contributed by atoms with Crippen LogP contribution in [0.2, 0.25) is 0 Å². The van der Waals surface area contributed by atoms with Crippen LogP contribution in [0.1, 0.15) is 46.5 Å². The van der Waals surface area contributed by atoms with Crippen molar-refractivity contribution in [2.24, 2.45) is 5.41 Å². The SMILES string of the molecule is CCC(O)CCCN1C(=O)CC(C)(C)C1=O. The molecular weight excluding hydrogens is 206 g/mol. The number of likely N-dealkylation sites (tertiary alicyclic amines) is 1. The van der Waals surface area contributed by atoms with E-state index in [0.717, 1.165) is 0 Å². The lowest BCUT2D eigenvalue weighted by Crippen LogP contribution is -2.34. The van der Waals surface area contributed by atoms with Crippen molar-refractivity contribution in [3.63, 3.8) is 0 Å². The normalized spacial score (nSPS) is 21.6. The summed E-state index contributed by atoms with van der Waals surface area (Å²) in [6.07, 6.45) is 2.03. The molecule has 1 unspecified atom stereocenters. The molecule has 1 aliphatic rings. The maximum absolute atomic E-state index is 11.8. The van der Waals surface area contributed by atoms with Crippen molar-refractivity contribution in [2.75, 3.05) is 6.54 Å². The summed E-state index contributed by atoms with van der Waals surface area (Å²) in [7, 11) is 0. The Kier molecular flexibility index (Phi) is 4.08. The van der Waals surface area contributed by atoms with Crippen LogP contribution in [0.4, 0.5) is 0 Å². The van der Waals surface area contributed by atoms with Gasteiger partial charge in [-0.3, -0.25) is 14.5 Å². The Morgan fingerprint density at radius 2 is 2.06 bits per heavy atom. The lowest BCUT2D eigenvalue weighted by molar-refractivity contribution is -0.140. The third kappa shape index (κ3) is 2.82. The number of amides is 2. The van der Waals surface area contributed by atoms with Crippen LogP contribution in [-0.2, 0) is 9.59 Å². The van der Waals surface area contributed by atoms with Crippen LogP contribution in [0.15, 0.2) is 0 Å². The summed E-state index contributed by atoms with van der Waals surface area (Å²) in [5, 5.41) is 9.38. The average Bonchev–Trinajstić information content (AvgIpc) is 2.39. The molecular formula is C12H21NO3. The first kappa shape index (κ1) is 13.2. The molecule has 0 bridgehead atoms. The summed E-state index contributed by atoms with van der Waals surface area (Å²) in [6.45, 7) is 5.96. The van der Waals surface area contributed by atoms with Gasteiger partial charge in [0, 0.05) is 13.0 Å². The molecule has 1 atom stereocenters. The number of hydrogen-bond donors (Lipinski definition) is 1. The van der Waals surface area contributed by atoms with Gasteiger partial charge in [0.2, 0.25) is 11.8 Å². The first-order valence-corrected chi connectivity index (χ1v) is 5.91. The summed E-state index contributed by atoms with van der Waals surface area (Å²) < 4.78 is 0. The molecule has 1 aliphatic heterocycles. The maximum atomic E-state index is 11.8. The molecule has 0 aliphatic carbocycles. The summed E-state index contributed by atoms with van der Waals surface area (Å²) in [5.74, 6) is -0.163. The highest BCUT2D eigenvalue weighted by Crippen LogP contribution is 2.31. The molecule has 2 amide bonds. The maximum Gasteiger partial charge on any atom is 0.235 e. The molecule has 4 nitrogen and oxygen atoms in total. The highest BCUT2D eigenvalue weighted by molar-refractivity contribution is 6.05. The van der Waals surface area contributed by atoms with E-state index >= 15 is 0 Å². The Labute approximate surface area is 96.6 Å². The van der Waals surface area contributed by atoms with Crippen molar-refractivity contribution in [1.82, 2.24) is 4.90 Å². The Morgan fingerprint density at radius 3 is 2.50 bits per heavy atom. The molecule has 4 heteroatoms. The topological polar surface area (TPSA) is 57.6 Å². The largest absolute Gasteiger partial charge is 0.393 e. The van der Waals surface area contributed by atoms with E-state index < -0.39 is 5.41 Å². The van der Waals surface area contributed by atoms with E-state index in [2.05, 4.69) is 0 Å². The molecule has 1 heterocycles. The number of aliphatic hydroxyl groups is 1. The number of aliphatic hydroxyl groups excluding tert-OH is 1. The van der Waals surface area contributed by atoms with E-state index in [1.807, 2.05) is 6.92 Å². The van der Waals surface area contributed by atoms with Crippen molar-refractivity contribution in [1.29, 1.82) is 0 Å². The lowest BCUT2D eigenvalue weighted by atomic mass is 9.92. The molecule has 1 N–H and O–H groups in total. The second-order valence-electron chi connectivity index (χ2n) is 5.12. The molecule has 1 fully saturated rings. The minimum atomic E-state index is -0.541. The second-order valence-corrected chi connectivity index (χ2v) is 5.12. The first-order chi connectivity index (χ1) is 7.38. The van der Waals surface area contributed by atoms with Gasteiger partial charge in [0.1, 0.15) is 0 Å². The predicted octanol–water partition coefficient (Wildman–Crippen LogP) is 1.32. The predicted molar refractivity (Wildman–Crippen MR) is 60.6 cm³/mol. The van der Waals surface area contributed by atoms with Crippen LogP contribution in [0.5, 0.6) is 0 Å². The number of hydrogen-bond acceptors (Lipinski definition) is 3. The zero-order valence-electron chi connectivity index (χ0n) is 10.3. The first-order valence-electron chi connectivity index (χ1n) is 5.91. The van der Waals surface area contributed by atoms with E-state index in [1.54, 1.807) is 13.8 Å². The highest BCUT2D eigenvalue weighted by atomic mass is 16.3. The van der Waals surface area contributed by atoms with Crippen LogP contribution in [0, 0.1) is 5.41 Å². The molecule has 0 spiro atoms. The number of carbonyl (C=O) groups excluding carboxylic acids is 2. The number of imide groups is 1. The van der Waals surface area contributed by atoms with Crippen molar-refractivity contribution in [3.8, 4) is 0 Å². The van der Waals surface area contributed by atoms with Crippen LogP contribution in [0.25, 0.3) is 0 Å². The molecule has 0 aromatic rings. The molecule has 1 saturated heterocycles. The van der Waals surface area contributed by atoms with Crippen molar-refractivity contribution >= 4 is 11.8 Å². The third-order valence-corrected chi connectivity index (χ3v) is 3.11. The fourth-order valence-corrected chi connectivity index (χ4v) is 1.94. The van der Waals surface area contributed by atoms with E-state index in [-0.39, 0.29) is 17.9 Å². The van der Waals surface area contributed by atoms with Crippen molar-refractivity contribution in [3.05, 3.63) is 0 Å². The van der Waals surface area contributed by atoms with E-state index in [0.29, 0.717) is 32.2 Å². The summed E-state index contributed by atoms with van der Waals surface area (Å²) >= 11 is 0. The van der Waals surface area contributed by atoms with E-state index in [9.17, 15) is 14.7 Å². The molecule has 0 aromatic carbocycles. The van der Waals surface area contributed by atoms with Gasteiger partial charge in [0.25, 0.3) is 0 Å². The van der Waals surface area contributed by atoms with Gasteiger partial charge < -0.3 is 5.11 Å². The molecule has 16 heavy (non-hydrogen) atoms. The zero-order chi connectivity index (χ0) is 12.3. The van der Waals surface area contributed by atoms with Crippen LogP contribution < -0.4 is 0 Å². The lowest BCUT2D eigenvalue weighted by Gasteiger charge is -2.18. The number of rotatable bonds is 5. The number of nitrogens with zero attached hydrogens (tertiary/aromatic N) is 1. The van der Waals surface area contributed by atoms with E-state index in [4.69, 9.17) is 0 Å². The Bertz CT molecular complexity index is 286. The summed E-state index contributed by atoms with van der Waals surface area (Å²) in [5.41, 5.74) is -0.541. The average molecular weight is 227 g/mol. The van der Waals surface area contributed by atoms with Crippen LogP contribution in [0.3, 0.4) is 0 Å². The third-order valence-electron chi connectivity index (χ3n) is 3.11. The van der Waals surface area contributed by atoms with Crippen LogP contribution >= 0.6 is 0 Å². The summed E-state index contributed by atoms with van der Waals surface area (Å²) in [4.78, 5) is 24.7. The van der Waals surface area contributed by atoms with Gasteiger partial charge >= 0.3 is 0 Å². The van der Waals surface area contributed by atoms with Gasteiger partial charge in [-0.2, -0.15) is 0 Å². The summed E-state index contributed by atoms with van der Waals surface area (Å²) in [6, 6.07) is 0. The van der Waals surface area contributed by atoms with Gasteiger partial charge in [-0.15, -0.1) is 0 Å². The molecule has 1 rings (SSSR count). The monoisotopic (exact) mass is 227 g/mol. The van der Waals surface area contributed by atoms with Gasteiger partial charge in [-0.25, -0.2) is 0 Å². The van der Waals surface area contributed by atoms with Crippen LogP contribution in [-0.4, -0.2) is 34.5 Å². The van der Waals surface area contributed by atoms with Gasteiger partial charge in [0.15, 0.2) is 0 Å². The Hall–Kier alpha value is -0.900.